The van der Waals surface area contributed by atoms with Crippen LogP contribution in [0, 0.1) is 0 Å². The van der Waals surface area contributed by atoms with Gasteiger partial charge in [0, 0.05) is 0 Å². The number of hydrogen-bond acceptors (Lipinski definition) is 1. The van der Waals surface area contributed by atoms with Crippen LogP contribution in [0.3, 0.4) is 0 Å². The topological polar surface area (TPSA) is 9.23 Å². The summed E-state index contributed by atoms with van der Waals surface area (Å²) in [6.07, 6.45) is 4.05. The van der Waals surface area contributed by atoms with Gasteiger partial charge in [0.2, 0.25) is 0 Å². The normalized spacial score (nSPS) is 18.7. The molecule has 0 amide bonds. The summed E-state index contributed by atoms with van der Waals surface area (Å²) in [7, 11) is 0. The van der Waals surface area contributed by atoms with Crippen molar-refractivity contribution in [3.63, 3.8) is 0 Å². The standard InChI is InChI=1S/C13H18O/c1-3-14-12-7-5-11(6-8-12)13(2)9-4-10-13/h5-8H,3-4,9-10H2,1-2H3. The molecule has 1 saturated carbocycles. The molecule has 0 aromatic heterocycles. The Morgan fingerprint density at radius 2 is 1.86 bits per heavy atom. The van der Waals surface area contributed by atoms with Crippen molar-refractivity contribution in [1.29, 1.82) is 0 Å². The lowest BCUT2D eigenvalue weighted by atomic mass is 9.66. The summed E-state index contributed by atoms with van der Waals surface area (Å²) in [4.78, 5) is 0. The minimum atomic E-state index is 0.449. The molecule has 1 nitrogen and oxygen atoms in total. The summed E-state index contributed by atoms with van der Waals surface area (Å²) in [6.45, 7) is 5.12. The van der Waals surface area contributed by atoms with Crippen LogP contribution in [0.4, 0.5) is 0 Å². The summed E-state index contributed by atoms with van der Waals surface area (Å²) < 4.78 is 5.43. The van der Waals surface area contributed by atoms with Gasteiger partial charge in [-0.15, -0.1) is 0 Å². The highest BCUT2D eigenvalue weighted by Crippen LogP contribution is 2.43. The summed E-state index contributed by atoms with van der Waals surface area (Å²) in [6, 6.07) is 8.60. The van der Waals surface area contributed by atoms with Gasteiger partial charge in [0.1, 0.15) is 5.75 Å². The highest BCUT2D eigenvalue weighted by atomic mass is 16.5. The number of rotatable bonds is 3. The highest BCUT2D eigenvalue weighted by Gasteiger charge is 2.33. The molecule has 1 aromatic carbocycles. The SMILES string of the molecule is CCOc1ccc(C2(C)CCC2)cc1. The second-order valence-electron chi connectivity index (χ2n) is 4.37. The van der Waals surface area contributed by atoms with E-state index in [-0.39, 0.29) is 0 Å². The van der Waals surface area contributed by atoms with Crippen molar-refractivity contribution in [3.05, 3.63) is 29.8 Å². The van der Waals surface area contributed by atoms with E-state index in [0.717, 1.165) is 12.4 Å². The van der Waals surface area contributed by atoms with Crippen molar-refractivity contribution in [1.82, 2.24) is 0 Å². The van der Waals surface area contributed by atoms with E-state index in [2.05, 4.69) is 31.2 Å². The molecule has 0 atom stereocenters. The fourth-order valence-corrected chi connectivity index (χ4v) is 2.12. The zero-order chi connectivity index (χ0) is 10.0. The molecule has 1 aliphatic carbocycles. The smallest absolute Gasteiger partial charge is 0.119 e. The minimum Gasteiger partial charge on any atom is -0.494 e. The molecule has 0 N–H and O–H groups in total. The first-order valence-electron chi connectivity index (χ1n) is 5.48. The van der Waals surface area contributed by atoms with Crippen LogP contribution in [0.15, 0.2) is 24.3 Å². The summed E-state index contributed by atoms with van der Waals surface area (Å²) in [5, 5.41) is 0. The van der Waals surface area contributed by atoms with E-state index in [1.54, 1.807) is 0 Å². The molecule has 0 spiro atoms. The minimum absolute atomic E-state index is 0.449. The summed E-state index contributed by atoms with van der Waals surface area (Å²) in [5.74, 6) is 0.985. The molecule has 1 aromatic rings. The van der Waals surface area contributed by atoms with Crippen LogP contribution in [0.25, 0.3) is 0 Å². The average molecular weight is 190 g/mol. The molecule has 0 radical (unpaired) electrons. The zero-order valence-electron chi connectivity index (χ0n) is 9.05. The lowest BCUT2D eigenvalue weighted by Gasteiger charge is -2.39. The van der Waals surface area contributed by atoms with Gasteiger partial charge >= 0.3 is 0 Å². The van der Waals surface area contributed by atoms with Crippen LogP contribution >= 0.6 is 0 Å². The van der Waals surface area contributed by atoms with E-state index in [9.17, 15) is 0 Å². The molecule has 1 heteroatoms. The van der Waals surface area contributed by atoms with Gasteiger partial charge in [-0.3, -0.25) is 0 Å². The molecule has 76 valence electrons. The Morgan fingerprint density at radius 1 is 1.21 bits per heavy atom. The third-order valence-electron chi connectivity index (χ3n) is 3.32. The number of benzene rings is 1. The van der Waals surface area contributed by atoms with Crippen molar-refractivity contribution >= 4 is 0 Å². The number of hydrogen-bond donors (Lipinski definition) is 0. The maximum atomic E-state index is 5.43. The van der Waals surface area contributed by atoms with Gasteiger partial charge in [0.05, 0.1) is 6.61 Å². The van der Waals surface area contributed by atoms with Gasteiger partial charge in [-0.2, -0.15) is 0 Å². The van der Waals surface area contributed by atoms with Crippen LogP contribution in [0.2, 0.25) is 0 Å². The average Bonchev–Trinajstić information content (AvgIpc) is 2.16. The predicted molar refractivity (Wildman–Crippen MR) is 58.8 cm³/mol. The Balaban J connectivity index is 2.13. The third-order valence-corrected chi connectivity index (χ3v) is 3.32. The van der Waals surface area contributed by atoms with E-state index in [0.29, 0.717) is 5.41 Å². The first-order chi connectivity index (χ1) is 6.74. The monoisotopic (exact) mass is 190 g/mol. The molecule has 2 rings (SSSR count). The van der Waals surface area contributed by atoms with E-state index < -0.39 is 0 Å². The van der Waals surface area contributed by atoms with E-state index in [1.807, 2.05) is 6.92 Å². The molecule has 0 unspecified atom stereocenters. The van der Waals surface area contributed by atoms with Gasteiger partial charge in [-0.05, 0) is 42.9 Å². The van der Waals surface area contributed by atoms with Gasteiger partial charge in [-0.1, -0.05) is 25.5 Å². The van der Waals surface area contributed by atoms with Crippen LogP contribution in [-0.4, -0.2) is 6.61 Å². The van der Waals surface area contributed by atoms with E-state index in [1.165, 1.54) is 24.8 Å². The van der Waals surface area contributed by atoms with Crippen LogP contribution in [0.5, 0.6) is 5.75 Å². The van der Waals surface area contributed by atoms with E-state index >= 15 is 0 Å². The molecular weight excluding hydrogens is 172 g/mol. The highest BCUT2D eigenvalue weighted by molar-refractivity contribution is 5.33. The van der Waals surface area contributed by atoms with Crippen molar-refractivity contribution < 1.29 is 4.74 Å². The molecule has 0 bridgehead atoms. The fraction of sp³-hybridized carbons (Fsp3) is 0.538. The van der Waals surface area contributed by atoms with Crippen molar-refractivity contribution in [3.8, 4) is 5.75 Å². The Morgan fingerprint density at radius 3 is 2.29 bits per heavy atom. The lowest BCUT2D eigenvalue weighted by Crippen LogP contribution is -2.30. The predicted octanol–water partition coefficient (Wildman–Crippen LogP) is 3.53. The first kappa shape index (κ1) is 9.57. The van der Waals surface area contributed by atoms with Gasteiger partial charge < -0.3 is 4.74 Å². The van der Waals surface area contributed by atoms with Crippen LogP contribution in [-0.2, 0) is 5.41 Å². The quantitative estimate of drug-likeness (QED) is 0.708. The summed E-state index contributed by atoms with van der Waals surface area (Å²) in [5.41, 5.74) is 1.91. The lowest BCUT2D eigenvalue weighted by molar-refractivity contribution is 0.271. The Kier molecular flexibility index (Phi) is 2.49. The molecule has 1 aliphatic rings. The second-order valence-corrected chi connectivity index (χ2v) is 4.37. The van der Waals surface area contributed by atoms with E-state index in [4.69, 9.17) is 4.74 Å². The Hall–Kier alpha value is -0.980. The van der Waals surface area contributed by atoms with Crippen LogP contribution in [0.1, 0.15) is 38.7 Å². The first-order valence-corrected chi connectivity index (χ1v) is 5.48. The molecule has 0 saturated heterocycles. The Bertz CT molecular complexity index is 296. The maximum absolute atomic E-state index is 5.43. The zero-order valence-corrected chi connectivity index (χ0v) is 9.05. The van der Waals surface area contributed by atoms with Crippen molar-refractivity contribution in [2.75, 3.05) is 6.61 Å². The molecule has 1 fully saturated rings. The van der Waals surface area contributed by atoms with Gasteiger partial charge in [0.15, 0.2) is 0 Å². The van der Waals surface area contributed by atoms with Crippen molar-refractivity contribution in [2.24, 2.45) is 0 Å². The van der Waals surface area contributed by atoms with Crippen LogP contribution < -0.4 is 4.74 Å². The fourth-order valence-electron chi connectivity index (χ4n) is 2.12. The largest absolute Gasteiger partial charge is 0.494 e. The number of ether oxygens (including phenoxy) is 1. The second kappa shape index (κ2) is 3.64. The Labute approximate surface area is 86.1 Å². The molecule has 0 heterocycles. The maximum Gasteiger partial charge on any atom is 0.119 e. The van der Waals surface area contributed by atoms with Crippen molar-refractivity contribution in [2.45, 2.75) is 38.5 Å². The summed E-state index contributed by atoms with van der Waals surface area (Å²) >= 11 is 0. The third kappa shape index (κ3) is 1.63. The molecule has 0 aliphatic heterocycles. The van der Waals surface area contributed by atoms with Gasteiger partial charge in [0.25, 0.3) is 0 Å². The molecular formula is C13H18O. The van der Waals surface area contributed by atoms with Gasteiger partial charge in [-0.25, -0.2) is 0 Å². The molecule has 14 heavy (non-hydrogen) atoms.